The average Bonchev–Trinajstić information content (AvgIpc) is 2.81. The van der Waals surface area contributed by atoms with E-state index < -0.39 is 0 Å². The van der Waals surface area contributed by atoms with Crippen molar-refractivity contribution in [1.29, 1.82) is 0 Å². The molecule has 2 N–H and O–H groups in total. The molecule has 106 valence electrons. The van der Waals surface area contributed by atoms with Gasteiger partial charge in [0.2, 0.25) is 5.89 Å². The molecule has 3 rings (SSSR count). The second-order valence-electron chi connectivity index (χ2n) is 5.65. The van der Waals surface area contributed by atoms with Crippen LogP contribution in [0.5, 0.6) is 0 Å². The van der Waals surface area contributed by atoms with Crippen LogP contribution in [-0.4, -0.2) is 16.7 Å². The van der Waals surface area contributed by atoms with E-state index in [1.54, 1.807) is 0 Å². The Bertz CT molecular complexity index is 587. The minimum atomic E-state index is 0.208. The molecule has 0 amide bonds. The Kier molecular flexibility index (Phi) is 3.89. The van der Waals surface area contributed by atoms with Gasteiger partial charge in [0.1, 0.15) is 0 Å². The summed E-state index contributed by atoms with van der Waals surface area (Å²) in [5.74, 6) is 1.46. The number of hydrogen-bond acceptors (Lipinski definition) is 4. The lowest BCUT2D eigenvalue weighted by molar-refractivity contribution is 0.129. The zero-order valence-corrected chi connectivity index (χ0v) is 12.9. The van der Waals surface area contributed by atoms with Crippen molar-refractivity contribution in [3.05, 3.63) is 46.0 Å². The van der Waals surface area contributed by atoms with E-state index in [1.165, 1.54) is 24.8 Å². The second-order valence-corrected chi connectivity index (χ2v) is 6.56. The van der Waals surface area contributed by atoms with Gasteiger partial charge < -0.3 is 10.3 Å². The summed E-state index contributed by atoms with van der Waals surface area (Å²) in [5, 5.41) is 4.08. The fourth-order valence-corrected chi connectivity index (χ4v) is 3.16. The van der Waals surface area contributed by atoms with E-state index >= 15 is 0 Å². The van der Waals surface area contributed by atoms with Crippen LogP contribution in [0.2, 0.25) is 0 Å². The number of nitrogens with two attached hydrogens (primary N) is 1. The van der Waals surface area contributed by atoms with E-state index in [-0.39, 0.29) is 5.41 Å². The highest BCUT2D eigenvalue weighted by atomic mass is 79.9. The maximum absolute atomic E-state index is 5.87. The lowest BCUT2D eigenvalue weighted by Gasteiger charge is -2.39. The van der Waals surface area contributed by atoms with Crippen molar-refractivity contribution in [1.82, 2.24) is 10.1 Å². The van der Waals surface area contributed by atoms with Crippen molar-refractivity contribution in [2.45, 2.75) is 32.1 Å². The number of benzene rings is 1. The minimum Gasteiger partial charge on any atom is -0.339 e. The lowest BCUT2D eigenvalue weighted by atomic mass is 9.67. The molecule has 5 heteroatoms. The first-order valence-corrected chi connectivity index (χ1v) is 7.74. The van der Waals surface area contributed by atoms with Crippen LogP contribution in [0.1, 0.15) is 36.5 Å². The highest BCUT2D eigenvalue weighted by Gasteiger charge is 2.37. The standard InChI is InChI=1S/C15H18BrN3O/c16-12-4-1-3-11(7-12)8-13-18-14(20-19-13)9-15(10-17)5-2-6-15/h1,3-4,7H,2,5-6,8-10,17H2. The van der Waals surface area contributed by atoms with Gasteiger partial charge in [0.25, 0.3) is 0 Å². The van der Waals surface area contributed by atoms with Crippen LogP contribution >= 0.6 is 15.9 Å². The molecule has 20 heavy (non-hydrogen) atoms. The van der Waals surface area contributed by atoms with Gasteiger partial charge in [-0.1, -0.05) is 39.6 Å². The van der Waals surface area contributed by atoms with Crippen molar-refractivity contribution in [3.8, 4) is 0 Å². The van der Waals surface area contributed by atoms with Gasteiger partial charge in [-0.25, -0.2) is 0 Å². The van der Waals surface area contributed by atoms with Gasteiger partial charge in [-0.3, -0.25) is 0 Å². The topological polar surface area (TPSA) is 64.9 Å². The highest BCUT2D eigenvalue weighted by molar-refractivity contribution is 9.10. The molecule has 1 heterocycles. The van der Waals surface area contributed by atoms with Gasteiger partial charge in [-0.05, 0) is 42.5 Å². The largest absolute Gasteiger partial charge is 0.339 e. The summed E-state index contributed by atoms with van der Waals surface area (Å²) < 4.78 is 6.44. The molecule has 0 aliphatic heterocycles. The highest BCUT2D eigenvalue weighted by Crippen LogP contribution is 2.42. The Morgan fingerprint density at radius 3 is 2.85 bits per heavy atom. The van der Waals surface area contributed by atoms with Crippen LogP contribution in [0.15, 0.2) is 33.3 Å². The van der Waals surface area contributed by atoms with Crippen LogP contribution in [0.25, 0.3) is 0 Å². The molecule has 0 unspecified atom stereocenters. The normalized spacial score (nSPS) is 16.9. The summed E-state index contributed by atoms with van der Waals surface area (Å²) >= 11 is 3.47. The zero-order chi connectivity index (χ0) is 14.0. The van der Waals surface area contributed by atoms with Crippen LogP contribution in [0.4, 0.5) is 0 Å². The zero-order valence-electron chi connectivity index (χ0n) is 11.3. The Morgan fingerprint density at radius 2 is 2.20 bits per heavy atom. The second kappa shape index (κ2) is 5.66. The first-order valence-electron chi connectivity index (χ1n) is 6.95. The van der Waals surface area contributed by atoms with Crippen LogP contribution < -0.4 is 5.73 Å². The Balaban J connectivity index is 1.67. The first-order chi connectivity index (χ1) is 9.69. The third kappa shape index (κ3) is 2.94. The van der Waals surface area contributed by atoms with Gasteiger partial charge >= 0.3 is 0 Å². The summed E-state index contributed by atoms with van der Waals surface area (Å²) in [7, 11) is 0. The summed E-state index contributed by atoms with van der Waals surface area (Å²) in [4.78, 5) is 4.50. The predicted octanol–water partition coefficient (Wildman–Crippen LogP) is 3.09. The SMILES string of the molecule is NCC1(Cc2nc(Cc3cccc(Br)c3)no2)CCC1. The minimum absolute atomic E-state index is 0.208. The molecule has 0 atom stereocenters. The molecular weight excluding hydrogens is 318 g/mol. The molecule has 1 aliphatic rings. The summed E-state index contributed by atoms with van der Waals surface area (Å²) in [6.07, 6.45) is 5.11. The smallest absolute Gasteiger partial charge is 0.227 e. The number of hydrogen-bond donors (Lipinski definition) is 1. The van der Waals surface area contributed by atoms with Crippen LogP contribution in [-0.2, 0) is 12.8 Å². The molecular formula is C15H18BrN3O. The third-order valence-electron chi connectivity index (χ3n) is 4.13. The fraction of sp³-hybridized carbons (Fsp3) is 0.467. The fourth-order valence-electron chi connectivity index (χ4n) is 2.71. The maximum Gasteiger partial charge on any atom is 0.227 e. The number of halogens is 1. The molecule has 0 bridgehead atoms. The molecule has 0 saturated heterocycles. The van der Waals surface area contributed by atoms with Crippen LogP contribution in [0, 0.1) is 5.41 Å². The Morgan fingerprint density at radius 1 is 1.35 bits per heavy atom. The van der Waals surface area contributed by atoms with E-state index in [4.69, 9.17) is 10.3 Å². The van der Waals surface area contributed by atoms with E-state index in [0.717, 1.165) is 22.6 Å². The summed E-state index contributed by atoms with van der Waals surface area (Å²) in [5.41, 5.74) is 7.25. The van der Waals surface area contributed by atoms with Crippen molar-refractivity contribution >= 4 is 15.9 Å². The van der Waals surface area contributed by atoms with Gasteiger partial charge in [0.15, 0.2) is 5.82 Å². The van der Waals surface area contributed by atoms with Crippen molar-refractivity contribution in [3.63, 3.8) is 0 Å². The van der Waals surface area contributed by atoms with E-state index in [1.807, 2.05) is 12.1 Å². The molecule has 1 fully saturated rings. The van der Waals surface area contributed by atoms with Gasteiger partial charge in [0.05, 0.1) is 0 Å². The number of aromatic nitrogens is 2. The summed E-state index contributed by atoms with van der Waals surface area (Å²) in [6.45, 7) is 0.705. The van der Waals surface area contributed by atoms with Crippen LogP contribution in [0.3, 0.4) is 0 Å². The van der Waals surface area contributed by atoms with E-state index in [0.29, 0.717) is 13.0 Å². The predicted molar refractivity (Wildman–Crippen MR) is 80.3 cm³/mol. The van der Waals surface area contributed by atoms with Gasteiger partial charge in [-0.2, -0.15) is 4.98 Å². The molecule has 0 spiro atoms. The Hall–Kier alpha value is -1.20. The Labute approximate surface area is 126 Å². The van der Waals surface area contributed by atoms with Crippen molar-refractivity contribution in [2.24, 2.45) is 11.1 Å². The summed E-state index contributed by atoms with van der Waals surface area (Å²) in [6, 6.07) is 8.16. The average molecular weight is 336 g/mol. The molecule has 0 radical (unpaired) electrons. The van der Waals surface area contributed by atoms with E-state index in [2.05, 4.69) is 38.2 Å². The monoisotopic (exact) mass is 335 g/mol. The van der Waals surface area contributed by atoms with Gasteiger partial charge in [0, 0.05) is 17.3 Å². The van der Waals surface area contributed by atoms with Crippen molar-refractivity contribution in [2.75, 3.05) is 6.54 Å². The first kappa shape index (κ1) is 13.8. The molecule has 1 aromatic heterocycles. The quantitative estimate of drug-likeness (QED) is 0.911. The molecule has 2 aromatic rings. The van der Waals surface area contributed by atoms with E-state index in [9.17, 15) is 0 Å². The molecule has 1 aliphatic carbocycles. The van der Waals surface area contributed by atoms with Crippen molar-refractivity contribution < 1.29 is 4.52 Å². The lowest BCUT2D eigenvalue weighted by Crippen LogP contribution is -2.39. The van der Waals surface area contributed by atoms with Gasteiger partial charge in [-0.15, -0.1) is 0 Å². The molecule has 1 saturated carbocycles. The number of rotatable bonds is 5. The molecule has 1 aromatic carbocycles. The number of nitrogens with zero attached hydrogens (tertiary/aromatic N) is 2. The molecule has 4 nitrogen and oxygen atoms in total. The maximum atomic E-state index is 5.87. The third-order valence-corrected chi connectivity index (χ3v) is 4.63.